The molecule has 2 heterocycles. The van der Waals surface area contributed by atoms with Gasteiger partial charge in [0.15, 0.2) is 17.3 Å². The zero-order valence-electron chi connectivity index (χ0n) is 20.3. The van der Waals surface area contributed by atoms with Crippen LogP contribution in [-0.2, 0) is 22.3 Å². The molecule has 0 N–H and O–H groups in total. The Morgan fingerprint density at radius 1 is 1.05 bits per heavy atom. The van der Waals surface area contributed by atoms with Crippen LogP contribution in [0, 0.1) is 29.0 Å². The molecule has 0 saturated carbocycles. The number of hydrogen-bond acceptors (Lipinski definition) is 4. The molecule has 4 rings (SSSR count). The lowest BCUT2D eigenvalue weighted by molar-refractivity contribution is -0.276. The quantitative estimate of drug-likeness (QED) is 0.183. The lowest BCUT2D eigenvalue weighted by Crippen LogP contribution is -2.59. The lowest BCUT2D eigenvalue weighted by atomic mass is 9.84. The van der Waals surface area contributed by atoms with Crippen LogP contribution in [0.2, 0.25) is 0 Å². The van der Waals surface area contributed by atoms with Crippen LogP contribution in [0.1, 0.15) is 42.5 Å². The summed E-state index contributed by atoms with van der Waals surface area (Å²) in [5, 5.41) is 12.2. The maximum absolute atomic E-state index is 15.4. The van der Waals surface area contributed by atoms with Crippen LogP contribution in [0.25, 0.3) is 0 Å². The van der Waals surface area contributed by atoms with Crippen molar-refractivity contribution in [2.75, 3.05) is 13.1 Å². The standard InChI is InChI=1S/C25H19F9N4O/c1-13(2)21(36-12-35)38-10-22(28,11-38)15-5-3-14(4-6-15)19-9-23(39-37-19,25(32,33)34)16-7-17(24(29,30)31)20(27)18(26)8-16/h3-8,13H,9-11H2,1-2H3/b36-21+. The van der Waals surface area contributed by atoms with E-state index in [1.54, 1.807) is 24.9 Å². The molecule has 14 heteroatoms. The van der Waals surface area contributed by atoms with Gasteiger partial charge in [0.25, 0.3) is 5.60 Å². The zero-order chi connectivity index (χ0) is 29.0. The highest BCUT2D eigenvalue weighted by Gasteiger charge is 2.63. The number of amidine groups is 1. The molecule has 1 unspecified atom stereocenters. The van der Waals surface area contributed by atoms with E-state index < -0.39 is 52.8 Å². The number of nitrogens with zero attached hydrogens (tertiary/aromatic N) is 4. The molecule has 0 bridgehead atoms. The molecule has 2 aromatic carbocycles. The molecule has 39 heavy (non-hydrogen) atoms. The highest BCUT2D eigenvalue weighted by Crippen LogP contribution is 2.50. The molecule has 0 amide bonds. The molecule has 2 aliphatic rings. The SMILES string of the molecule is CC(C)/C(=N\C#N)N1CC(F)(c2ccc(C3=NOC(c4cc(F)c(F)c(C(F)(F)F)c4)(C(F)(F)F)C3)cc2)C1. The van der Waals surface area contributed by atoms with Crippen molar-refractivity contribution >= 4 is 11.5 Å². The number of alkyl halides is 7. The molecule has 1 atom stereocenters. The largest absolute Gasteiger partial charge is 0.435 e. The van der Waals surface area contributed by atoms with Gasteiger partial charge in [0, 0.05) is 17.9 Å². The van der Waals surface area contributed by atoms with Gasteiger partial charge in [-0.25, -0.2) is 13.2 Å². The van der Waals surface area contributed by atoms with Crippen LogP contribution < -0.4 is 0 Å². The summed E-state index contributed by atoms with van der Waals surface area (Å²) in [5.74, 6) is -4.19. The molecule has 0 spiro atoms. The van der Waals surface area contributed by atoms with Crippen LogP contribution >= 0.6 is 0 Å². The lowest BCUT2D eigenvalue weighted by Gasteiger charge is -2.47. The average molecular weight is 562 g/mol. The Morgan fingerprint density at radius 3 is 2.18 bits per heavy atom. The van der Waals surface area contributed by atoms with Crippen LogP contribution in [-0.4, -0.2) is 35.7 Å². The molecule has 1 saturated heterocycles. The first-order valence-corrected chi connectivity index (χ1v) is 11.4. The summed E-state index contributed by atoms with van der Waals surface area (Å²) in [6, 6.07) is 5.02. The second-order valence-electron chi connectivity index (χ2n) is 9.57. The molecule has 1 fully saturated rings. The molecular weight excluding hydrogens is 543 g/mol. The maximum Gasteiger partial charge on any atom is 0.435 e. The number of likely N-dealkylation sites (tertiary alicyclic amines) is 1. The van der Waals surface area contributed by atoms with Crippen molar-refractivity contribution in [3.63, 3.8) is 0 Å². The van der Waals surface area contributed by atoms with Gasteiger partial charge in [-0.05, 0) is 23.3 Å². The summed E-state index contributed by atoms with van der Waals surface area (Å²) in [4.78, 5) is 9.92. The highest BCUT2D eigenvalue weighted by atomic mass is 19.4. The molecule has 0 aromatic heterocycles. The third kappa shape index (κ3) is 4.90. The molecule has 2 aromatic rings. The van der Waals surface area contributed by atoms with Gasteiger partial charge in [0.1, 0.15) is 5.84 Å². The number of oxime groups is 1. The Labute approximate surface area is 216 Å². The van der Waals surface area contributed by atoms with Gasteiger partial charge in [0.2, 0.25) is 6.19 Å². The molecular formula is C25H19F9N4O. The van der Waals surface area contributed by atoms with E-state index in [1.807, 2.05) is 0 Å². The van der Waals surface area contributed by atoms with E-state index in [0.29, 0.717) is 5.84 Å². The minimum absolute atomic E-state index is 0.00411. The van der Waals surface area contributed by atoms with Gasteiger partial charge in [-0.1, -0.05) is 43.3 Å². The molecule has 0 radical (unpaired) electrons. The third-order valence-electron chi connectivity index (χ3n) is 6.61. The van der Waals surface area contributed by atoms with Crippen molar-refractivity contribution in [3.05, 3.63) is 70.3 Å². The van der Waals surface area contributed by atoms with Gasteiger partial charge < -0.3 is 9.74 Å². The zero-order valence-corrected chi connectivity index (χ0v) is 20.3. The number of benzene rings is 2. The average Bonchev–Trinajstić information content (AvgIpc) is 3.28. The van der Waals surface area contributed by atoms with Crippen molar-refractivity contribution in [1.82, 2.24) is 4.90 Å². The van der Waals surface area contributed by atoms with Crippen molar-refractivity contribution in [2.24, 2.45) is 16.1 Å². The summed E-state index contributed by atoms with van der Waals surface area (Å²) >= 11 is 0. The Bertz CT molecular complexity index is 1370. The topological polar surface area (TPSA) is 61.0 Å². The van der Waals surface area contributed by atoms with Crippen molar-refractivity contribution in [2.45, 2.75) is 43.9 Å². The summed E-state index contributed by atoms with van der Waals surface area (Å²) in [6.45, 7) is 3.37. The summed E-state index contributed by atoms with van der Waals surface area (Å²) in [7, 11) is 0. The maximum atomic E-state index is 15.4. The van der Waals surface area contributed by atoms with Crippen LogP contribution in [0.5, 0.6) is 0 Å². The number of hydrogen-bond donors (Lipinski definition) is 0. The van der Waals surface area contributed by atoms with Gasteiger partial charge in [-0.3, -0.25) is 0 Å². The first kappa shape index (κ1) is 28.3. The third-order valence-corrected chi connectivity index (χ3v) is 6.61. The number of halogens is 9. The molecule has 2 aliphatic heterocycles. The Morgan fingerprint density at radius 2 is 1.67 bits per heavy atom. The van der Waals surface area contributed by atoms with Gasteiger partial charge in [-0.2, -0.15) is 36.6 Å². The normalized spacial score (nSPS) is 21.4. The van der Waals surface area contributed by atoms with Crippen molar-refractivity contribution in [3.8, 4) is 6.19 Å². The van der Waals surface area contributed by atoms with E-state index in [1.165, 1.54) is 24.3 Å². The van der Waals surface area contributed by atoms with Crippen LogP contribution in [0.15, 0.2) is 46.5 Å². The van der Waals surface area contributed by atoms with Crippen LogP contribution in [0.3, 0.4) is 0 Å². The van der Waals surface area contributed by atoms with E-state index in [-0.39, 0.29) is 48.0 Å². The van der Waals surface area contributed by atoms with Gasteiger partial charge >= 0.3 is 12.4 Å². The second kappa shape index (κ2) is 9.46. The first-order chi connectivity index (χ1) is 18.0. The summed E-state index contributed by atoms with van der Waals surface area (Å²) in [5.41, 5.74) is -8.97. The van der Waals surface area contributed by atoms with Gasteiger partial charge in [-0.15, -0.1) is 0 Å². The van der Waals surface area contributed by atoms with Crippen LogP contribution in [0.4, 0.5) is 39.5 Å². The number of rotatable bonds is 4. The van der Waals surface area contributed by atoms with Gasteiger partial charge in [0.05, 0.1) is 24.4 Å². The fraction of sp³-hybridized carbons (Fsp3) is 0.400. The monoisotopic (exact) mass is 562 g/mol. The Kier molecular flexibility index (Phi) is 6.85. The van der Waals surface area contributed by atoms with E-state index in [4.69, 9.17) is 5.26 Å². The van der Waals surface area contributed by atoms with Crippen molar-refractivity contribution in [1.29, 1.82) is 5.26 Å². The highest BCUT2D eigenvalue weighted by molar-refractivity contribution is 6.02. The van der Waals surface area contributed by atoms with E-state index in [2.05, 4.69) is 15.0 Å². The van der Waals surface area contributed by atoms with E-state index >= 15 is 4.39 Å². The summed E-state index contributed by atoms with van der Waals surface area (Å²) < 4.78 is 125. The number of nitriles is 1. The van der Waals surface area contributed by atoms with Crippen molar-refractivity contribution < 1.29 is 44.4 Å². The van der Waals surface area contributed by atoms with E-state index in [0.717, 1.165) is 0 Å². The molecule has 208 valence electrons. The molecule has 0 aliphatic carbocycles. The Hall–Kier alpha value is -3.76. The van der Waals surface area contributed by atoms with E-state index in [9.17, 15) is 35.1 Å². The predicted molar refractivity (Wildman–Crippen MR) is 120 cm³/mol. The molecule has 5 nitrogen and oxygen atoms in total. The fourth-order valence-corrected chi connectivity index (χ4v) is 4.57. The second-order valence-corrected chi connectivity index (χ2v) is 9.57. The number of aliphatic imine (C=N–C) groups is 1. The minimum Gasteiger partial charge on any atom is -0.374 e. The first-order valence-electron chi connectivity index (χ1n) is 11.4. The fourth-order valence-electron chi connectivity index (χ4n) is 4.57. The minimum atomic E-state index is -5.47. The summed E-state index contributed by atoms with van der Waals surface area (Å²) in [6.07, 6.45) is -10.3. The Balaban J connectivity index is 1.59. The predicted octanol–water partition coefficient (Wildman–Crippen LogP) is 6.58. The smallest absolute Gasteiger partial charge is 0.374 e.